The molecule has 0 unspecified atom stereocenters. The Bertz CT molecular complexity index is 1230. The molecule has 8 heteroatoms. The quantitative estimate of drug-likeness (QED) is 0.459. The first-order valence-electron chi connectivity index (χ1n) is 10.1. The standard InChI is InChI=1S/C24H24N4O4/c1-30-18-9-6-16(7-10-18)15-28-22(27-19-5-4-12-25-23(19)28)14-26-24(29)17-8-11-20(31-2)21(13-17)32-3/h4-13H,14-15H2,1-3H3,(H,26,29). The molecule has 0 radical (unpaired) electrons. The van der Waals surface area contributed by atoms with Crippen molar-refractivity contribution >= 4 is 17.1 Å². The van der Waals surface area contributed by atoms with Crippen molar-refractivity contribution in [2.75, 3.05) is 21.3 Å². The Labute approximate surface area is 185 Å². The highest BCUT2D eigenvalue weighted by molar-refractivity contribution is 5.94. The van der Waals surface area contributed by atoms with Gasteiger partial charge >= 0.3 is 0 Å². The molecule has 0 spiro atoms. The molecule has 2 aromatic heterocycles. The third kappa shape index (κ3) is 4.34. The molecule has 0 bridgehead atoms. The third-order valence-corrected chi connectivity index (χ3v) is 5.14. The van der Waals surface area contributed by atoms with Crippen molar-refractivity contribution in [3.63, 3.8) is 0 Å². The molecular formula is C24H24N4O4. The SMILES string of the molecule is COc1ccc(Cn2c(CNC(=O)c3ccc(OC)c(OC)c3)nc3cccnc32)cc1. The van der Waals surface area contributed by atoms with Crippen molar-refractivity contribution in [2.24, 2.45) is 0 Å². The summed E-state index contributed by atoms with van der Waals surface area (Å²) in [6.07, 6.45) is 1.74. The maximum absolute atomic E-state index is 12.8. The first kappa shape index (κ1) is 21.2. The Kier molecular flexibility index (Phi) is 6.21. The Balaban J connectivity index is 1.57. The lowest BCUT2D eigenvalue weighted by molar-refractivity contribution is 0.0949. The van der Waals surface area contributed by atoms with Crippen LogP contribution in [0.4, 0.5) is 0 Å². The topological polar surface area (TPSA) is 87.5 Å². The molecule has 1 amide bonds. The summed E-state index contributed by atoms with van der Waals surface area (Å²) >= 11 is 0. The van der Waals surface area contributed by atoms with Gasteiger partial charge < -0.3 is 24.1 Å². The predicted octanol–water partition coefficient (Wildman–Crippen LogP) is 3.44. The highest BCUT2D eigenvalue weighted by Crippen LogP contribution is 2.27. The number of benzene rings is 2. The Morgan fingerprint density at radius 1 is 0.969 bits per heavy atom. The number of hydrogen-bond acceptors (Lipinski definition) is 6. The van der Waals surface area contributed by atoms with E-state index in [4.69, 9.17) is 14.2 Å². The number of aromatic nitrogens is 3. The van der Waals surface area contributed by atoms with Gasteiger partial charge in [-0.1, -0.05) is 12.1 Å². The molecule has 0 aliphatic heterocycles. The summed E-state index contributed by atoms with van der Waals surface area (Å²) in [6, 6.07) is 16.6. The molecule has 2 aromatic carbocycles. The number of imidazole rings is 1. The van der Waals surface area contributed by atoms with Gasteiger partial charge in [0.1, 0.15) is 17.1 Å². The number of carbonyl (C=O) groups excluding carboxylic acids is 1. The van der Waals surface area contributed by atoms with Crippen molar-refractivity contribution in [3.8, 4) is 17.2 Å². The number of pyridine rings is 1. The van der Waals surface area contributed by atoms with Crippen LogP contribution in [0.15, 0.2) is 60.8 Å². The average molecular weight is 432 g/mol. The lowest BCUT2D eigenvalue weighted by atomic mass is 10.2. The second kappa shape index (κ2) is 9.38. The molecule has 32 heavy (non-hydrogen) atoms. The number of rotatable bonds is 8. The van der Waals surface area contributed by atoms with E-state index in [-0.39, 0.29) is 12.5 Å². The maximum Gasteiger partial charge on any atom is 0.251 e. The summed E-state index contributed by atoms with van der Waals surface area (Å²) in [5.74, 6) is 2.34. The van der Waals surface area contributed by atoms with E-state index in [1.807, 2.05) is 41.0 Å². The van der Waals surface area contributed by atoms with Crippen LogP contribution in [0.25, 0.3) is 11.2 Å². The van der Waals surface area contributed by atoms with Crippen LogP contribution in [0.1, 0.15) is 21.7 Å². The summed E-state index contributed by atoms with van der Waals surface area (Å²) in [5, 5.41) is 2.94. The van der Waals surface area contributed by atoms with Crippen LogP contribution in [0.2, 0.25) is 0 Å². The number of nitrogens with zero attached hydrogens (tertiary/aromatic N) is 3. The second-order valence-electron chi connectivity index (χ2n) is 7.06. The molecule has 0 fully saturated rings. The summed E-state index contributed by atoms with van der Waals surface area (Å²) in [6.45, 7) is 0.818. The highest BCUT2D eigenvalue weighted by Gasteiger charge is 2.15. The minimum atomic E-state index is -0.234. The van der Waals surface area contributed by atoms with Gasteiger partial charge in [-0.3, -0.25) is 4.79 Å². The number of fused-ring (bicyclic) bond motifs is 1. The normalized spacial score (nSPS) is 10.7. The van der Waals surface area contributed by atoms with Crippen LogP contribution >= 0.6 is 0 Å². The molecule has 8 nitrogen and oxygen atoms in total. The van der Waals surface area contributed by atoms with Crippen molar-refractivity contribution in [1.82, 2.24) is 19.9 Å². The largest absolute Gasteiger partial charge is 0.497 e. The number of methoxy groups -OCH3 is 3. The van der Waals surface area contributed by atoms with Gasteiger partial charge in [0.2, 0.25) is 0 Å². The van der Waals surface area contributed by atoms with Gasteiger partial charge in [0.25, 0.3) is 5.91 Å². The smallest absolute Gasteiger partial charge is 0.251 e. The fourth-order valence-corrected chi connectivity index (χ4v) is 3.46. The first-order valence-corrected chi connectivity index (χ1v) is 10.1. The zero-order valence-corrected chi connectivity index (χ0v) is 18.2. The number of ether oxygens (including phenoxy) is 3. The molecule has 0 aliphatic rings. The Morgan fingerprint density at radius 2 is 1.75 bits per heavy atom. The number of carbonyl (C=O) groups is 1. The monoisotopic (exact) mass is 432 g/mol. The highest BCUT2D eigenvalue weighted by atomic mass is 16.5. The van der Waals surface area contributed by atoms with E-state index < -0.39 is 0 Å². The lowest BCUT2D eigenvalue weighted by Crippen LogP contribution is -2.25. The Hall–Kier alpha value is -4.07. The van der Waals surface area contributed by atoms with Gasteiger partial charge in [-0.05, 0) is 48.0 Å². The van der Waals surface area contributed by atoms with Crippen molar-refractivity contribution < 1.29 is 19.0 Å². The second-order valence-corrected chi connectivity index (χ2v) is 7.06. The van der Waals surface area contributed by atoms with E-state index in [0.717, 1.165) is 22.5 Å². The van der Waals surface area contributed by atoms with Gasteiger partial charge in [0.15, 0.2) is 17.1 Å². The van der Waals surface area contributed by atoms with Gasteiger partial charge in [-0.15, -0.1) is 0 Å². The molecular weight excluding hydrogens is 408 g/mol. The summed E-state index contributed by atoms with van der Waals surface area (Å²) in [4.78, 5) is 21.9. The van der Waals surface area contributed by atoms with E-state index in [1.165, 1.54) is 7.11 Å². The van der Waals surface area contributed by atoms with Gasteiger partial charge in [0, 0.05) is 11.8 Å². The van der Waals surface area contributed by atoms with E-state index in [0.29, 0.717) is 29.4 Å². The molecule has 0 saturated carbocycles. The van der Waals surface area contributed by atoms with Gasteiger partial charge in [-0.2, -0.15) is 0 Å². The van der Waals surface area contributed by atoms with E-state index in [1.54, 1.807) is 38.6 Å². The van der Waals surface area contributed by atoms with Crippen LogP contribution in [0, 0.1) is 0 Å². The summed E-state index contributed by atoms with van der Waals surface area (Å²) < 4.78 is 17.8. The zero-order chi connectivity index (χ0) is 22.5. The molecule has 2 heterocycles. The van der Waals surface area contributed by atoms with Crippen LogP contribution in [0.5, 0.6) is 17.2 Å². The molecule has 0 aliphatic carbocycles. The van der Waals surface area contributed by atoms with E-state index in [9.17, 15) is 4.79 Å². The van der Waals surface area contributed by atoms with Crippen molar-refractivity contribution in [2.45, 2.75) is 13.1 Å². The average Bonchev–Trinajstić information content (AvgIpc) is 3.19. The number of nitrogens with one attached hydrogen (secondary N) is 1. The van der Waals surface area contributed by atoms with Crippen molar-refractivity contribution in [1.29, 1.82) is 0 Å². The van der Waals surface area contributed by atoms with Crippen LogP contribution in [-0.2, 0) is 13.1 Å². The molecule has 1 N–H and O–H groups in total. The summed E-state index contributed by atoms with van der Waals surface area (Å²) in [7, 11) is 4.73. The predicted molar refractivity (Wildman–Crippen MR) is 120 cm³/mol. The number of hydrogen-bond donors (Lipinski definition) is 1. The Morgan fingerprint density at radius 3 is 2.47 bits per heavy atom. The van der Waals surface area contributed by atoms with E-state index in [2.05, 4.69) is 15.3 Å². The zero-order valence-electron chi connectivity index (χ0n) is 18.2. The third-order valence-electron chi connectivity index (χ3n) is 5.14. The molecule has 4 aromatic rings. The molecule has 0 saturated heterocycles. The molecule has 164 valence electrons. The maximum atomic E-state index is 12.8. The van der Waals surface area contributed by atoms with Gasteiger partial charge in [0.05, 0.1) is 34.4 Å². The fraction of sp³-hybridized carbons (Fsp3) is 0.208. The van der Waals surface area contributed by atoms with Crippen LogP contribution in [0.3, 0.4) is 0 Å². The minimum Gasteiger partial charge on any atom is -0.497 e. The molecule has 0 atom stereocenters. The fourth-order valence-electron chi connectivity index (χ4n) is 3.46. The summed E-state index contributed by atoms with van der Waals surface area (Å²) in [5.41, 5.74) is 3.08. The van der Waals surface area contributed by atoms with Crippen LogP contribution in [-0.4, -0.2) is 41.8 Å². The molecule has 4 rings (SSSR count). The minimum absolute atomic E-state index is 0.234. The number of amides is 1. The first-order chi connectivity index (χ1) is 15.6. The lowest BCUT2D eigenvalue weighted by Gasteiger charge is -2.12. The van der Waals surface area contributed by atoms with E-state index >= 15 is 0 Å². The van der Waals surface area contributed by atoms with Crippen molar-refractivity contribution in [3.05, 3.63) is 77.7 Å². The van der Waals surface area contributed by atoms with Gasteiger partial charge in [-0.25, -0.2) is 9.97 Å². The van der Waals surface area contributed by atoms with Crippen LogP contribution < -0.4 is 19.5 Å².